The van der Waals surface area contributed by atoms with E-state index in [2.05, 4.69) is 10.2 Å². The smallest absolute Gasteiger partial charge is 0.274 e. The third-order valence-electron chi connectivity index (χ3n) is 4.14. The average Bonchev–Trinajstić information content (AvgIpc) is 2.99. The van der Waals surface area contributed by atoms with Crippen molar-refractivity contribution < 1.29 is 10.0 Å². The molecule has 116 valence electrons. The topological polar surface area (TPSA) is 78.6 Å². The zero-order chi connectivity index (χ0) is 15.2. The minimum atomic E-state index is -0.337. The summed E-state index contributed by atoms with van der Waals surface area (Å²) in [6, 6.07) is 7.15. The van der Waals surface area contributed by atoms with Crippen LogP contribution in [0.5, 0.6) is 0 Å². The van der Waals surface area contributed by atoms with Crippen LogP contribution in [0.4, 0.5) is 5.69 Å². The van der Waals surface area contributed by atoms with Gasteiger partial charge in [-0.05, 0) is 26.3 Å². The van der Waals surface area contributed by atoms with E-state index >= 15 is 0 Å². The number of nitrogens with zero attached hydrogens (tertiary/aromatic N) is 2. The highest BCUT2D eigenvalue weighted by atomic mass is 16.6. The number of nitro benzene ring substituents is 1. The molecule has 1 saturated heterocycles. The zero-order valence-corrected chi connectivity index (χ0v) is 12.4. The van der Waals surface area contributed by atoms with Crippen molar-refractivity contribution in [2.75, 3.05) is 26.2 Å². The van der Waals surface area contributed by atoms with Crippen LogP contribution in [0, 0.1) is 10.1 Å². The zero-order valence-electron chi connectivity index (χ0n) is 12.4. The summed E-state index contributed by atoms with van der Waals surface area (Å²) in [7, 11) is 0. The normalized spacial score (nSPS) is 19.9. The molecule has 1 aliphatic heterocycles. The molecule has 1 aromatic carbocycles. The molecule has 2 rings (SSSR count). The molecule has 2 N–H and O–H groups in total. The number of para-hydroxylation sites is 1. The first-order valence-electron chi connectivity index (χ1n) is 7.45. The fraction of sp³-hybridized carbons (Fsp3) is 0.600. The maximum absolute atomic E-state index is 11.2. The van der Waals surface area contributed by atoms with Crippen molar-refractivity contribution >= 4 is 5.69 Å². The molecular formula is C15H23N3O3. The summed E-state index contributed by atoms with van der Waals surface area (Å²) in [6.07, 6.45) is 2.28. The Labute approximate surface area is 124 Å². The number of nitro groups is 1. The van der Waals surface area contributed by atoms with E-state index in [1.165, 1.54) is 6.07 Å². The molecule has 0 aromatic heterocycles. The fourth-order valence-corrected chi connectivity index (χ4v) is 2.97. The molecule has 0 aliphatic carbocycles. The summed E-state index contributed by atoms with van der Waals surface area (Å²) in [4.78, 5) is 13.0. The number of hydrogen-bond donors (Lipinski definition) is 2. The van der Waals surface area contributed by atoms with Crippen molar-refractivity contribution in [3.63, 3.8) is 0 Å². The number of aliphatic hydroxyl groups is 1. The molecule has 1 heterocycles. The maximum Gasteiger partial charge on any atom is 0.274 e. The number of hydrogen-bond acceptors (Lipinski definition) is 5. The first kappa shape index (κ1) is 15.9. The van der Waals surface area contributed by atoms with Crippen molar-refractivity contribution in [1.29, 1.82) is 0 Å². The highest BCUT2D eigenvalue weighted by molar-refractivity contribution is 5.41. The quantitative estimate of drug-likeness (QED) is 0.591. The molecule has 0 saturated carbocycles. The Morgan fingerprint density at radius 1 is 1.52 bits per heavy atom. The Bertz CT molecular complexity index is 475. The van der Waals surface area contributed by atoms with E-state index in [1.54, 1.807) is 12.1 Å². The predicted octanol–water partition coefficient (Wildman–Crippen LogP) is 1.70. The van der Waals surface area contributed by atoms with Crippen molar-refractivity contribution in [2.24, 2.45) is 0 Å². The van der Waals surface area contributed by atoms with Gasteiger partial charge in [0.05, 0.1) is 11.5 Å². The largest absolute Gasteiger partial charge is 0.395 e. The monoisotopic (exact) mass is 293 g/mol. The average molecular weight is 293 g/mol. The van der Waals surface area contributed by atoms with Crippen LogP contribution in [-0.2, 0) is 0 Å². The number of aliphatic hydroxyl groups excluding tert-OH is 1. The van der Waals surface area contributed by atoms with E-state index in [0.717, 1.165) is 25.9 Å². The van der Waals surface area contributed by atoms with Crippen LogP contribution < -0.4 is 5.32 Å². The van der Waals surface area contributed by atoms with Crippen molar-refractivity contribution in [3.05, 3.63) is 39.9 Å². The van der Waals surface area contributed by atoms with Crippen LogP contribution in [-0.4, -0.2) is 47.2 Å². The molecule has 1 aliphatic rings. The molecule has 2 atom stereocenters. The SMILES string of the molecule is CC(c1ccccc1[N+](=O)[O-])N(CCO)CC1CCCN1. The Kier molecular flexibility index (Phi) is 5.67. The summed E-state index contributed by atoms with van der Waals surface area (Å²) in [5.41, 5.74) is 0.848. The van der Waals surface area contributed by atoms with Gasteiger partial charge >= 0.3 is 0 Å². The minimum Gasteiger partial charge on any atom is -0.395 e. The molecule has 1 fully saturated rings. The lowest BCUT2D eigenvalue weighted by molar-refractivity contribution is -0.386. The second-order valence-electron chi connectivity index (χ2n) is 5.50. The lowest BCUT2D eigenvalue weighted by atomic mass is 10.0. The summed E-state index contributed by atoms with van der Waals surface area (Å²) < 4.78 is 0. The fourth-order valence-electron chi connectivity index (χ4n) is 2.97. The third kappa shape index (κ3) is 4.00. The van der Waals surface area contributed by atoms with Crippen LogP contribution in [0.3, 0.4) is 0 Å². The van der Waals surface area contributed by atoms with Gasteiger partial charge < -0.3 is 10.4 Å². The van der Waals surface area contributed by atoms with Gasteiger partial charge in [0.25, 0.3) is 5.69 Å². The highest BCUT2D eigenvalue weighted by Crippen LogP contribution is 2.29. The van der Waals surface area contributed by atoms with E-state index < -0.39 is 0 Å². The Morgan fingerprint density at radius 2 is 2.29 bits per heavy atom. The van der Waals surface area contributed by atoms with Gasteiger partial charge in [0.1, 0.15) is 0 Å². The number of benzene rings is 1. The minimum absolute atomic E-state index is 0.0533. The van der Waals surface area contributed by atoms with E-state index in [-0.39, 0.29) is 23.3 Å². The molecule has 0 bridgehead atoms. The van der Waals surface area contributed by atoms with E-state index in [1.807, 2.05) is 13.0 Å². The first-order valence-corrected chi connectivity index (χ1v) is 7.45. The molecule has 21 heavy (non-hydrogen) atoms. The molecular weight excluding hydrogens is 270 g/mol. The van der Waals surface area contributed by atoms with Crippen molar-refractivity contribution in [2.45, 2.75) is 31.8 Å². The Morgan fingerprint density at radius 3 is 2.90 bits per heavy atom. The standard InChI is InChI=1S/C15H23N3O3/c1-12(14-6-2-3-7-15(14)18(20)21)17(9-10-19)11-13-5-4-8-16-13/h2-3,6-7,12-13,16,19H,4-5,8-11H2,1H3. The highest BCUT2D eigenvalue weighted by Gasteiger charge is 2.26. The maximum atomic E-state index is 11.2. The van der Waals surface area contributed by atoms with Crippen LogP contribution in [0.2, 0.25) is 0 Å². The van der Waals surface area contributed by atoms with E-state index in [4.69, 9.17) is 0 Å². The molecule has 0 amide bonds. The van der Waals surface area contributed by atoms with E-state index in [0.29, 0.717) is 18.2 Å². The van der Waals surface area contributed by atoms with Gasteiger partial charge in [-0.3, -0.25) is 15.0 Å². The van der Waals surface area contributed by atoms with Crippen LogP contribution in [0.25, 0.3) is 0 Å². The summed E-state index contributed by atoms with van der Waals surface area (Å²) in [6.45, 7) is 4.36. The Hall–Kier alpha value is -1.50. The predicted molar refractivity (Wildman–Crippen MR) is 81.2 cm³/mol. The number of rotatable bonds is 7. The summed E-state index contributed by atoms with van der Waals surface area (Å²) in [5, 5.41) is 23.9. The summed E-state index contributed by atoms with van der Waals surface area (Å²) in [5.74, 6) is 0. The summed E-state index contributed by atoms with van der Waals surface area (Å²) >= 11 is 0. The second kappa shape index (κ2) is 7.49. The number of nitrogens with one attached hydrogen (secondary N) is 1. The molecule has 2 unspecified atom stereocenters. The molecule has 6 nitrogen and oxygen atoms in total. The second-order valence-corrected chi connectivity index (χ2v) is 5.50. The lowest BCUT2D eigenvalue weighted by Crippen LogP contribution is -2.40. The van der Waals surface area contributed by atoms with Gasteiger partial charge in [-0.2, -0.15) is 0 Å². The van der Waals surface area contributed by atoms with Gasteiger partial charge in [0.15, 0.2) is 0 Å². The lowest BCUT2D eigenvalue weighted by Gasteiger charge is -2.31. The van der Waals surface area contributed by atoms with Crippen LogP contribution in [0.1, 0.15) is 31.4 Å². The van der Waals surface area contributed by atoms with Gasteiger partial charge in [-0.15, -0.1) is 0 Å². The molecule has 0 radical (unpaired) electrons. The first-order chi connectivity index (χ1) is 10.1. The van der Waals surface area contributed by atoms with Gasteiger partial charge in [0.2, 0.25) is 0 Å². The van der Waals surface area contributed by atoms with Crippen LogP contribution >= 0.6 is 0 Å². The Balaban J connectivity index is 2.16. The third-order valence-corrected chi connectivity index (χ3v) is 4.14. The van der Waals surface area contributed by atoms with Crippen molar-refractivity contribution in [3.8, 4) is 0 Å². The van der Waals surface area contributed by atoms with Gasteiger partial charge in [-0.25, -0.2) is 0 Å². The van der Waals surface area contributed by atoms with Gasteiger partial charge in [0, 0.05) is 36.8 Å². The van der Waals surface area contributed by atoms with Crippen molar-refractivity contribution in [1.82, 2.24) is 10.2 Å². The molecule has 6 heteroatoms. The molecule has 0 spiro atoms. The van der Waals surface area contributed by atoms with E-state index in [9.17, 15) is 15.2 Å². The molecule has 1 aromatic rings. The van der Waals surface area contributed by atoms with Crippen LogP contribution in [0.15, 0.2) is 24.3 Å². The van der Waals surface area contributed by atoms with Gasteiger partial charge in [-0.1, -0.05) is 18.2 Å².